The van der Waals surface area contributed by atoms with E-state index < -0.39 is 0 Å². The van der Waals surface area contributed by atoms with Crippen LogP contribution in [0.4, 0.5) is 0 Å². The molecule has 0 bridgehead atoms. The van der Waals surface area contributed by atoms with Crippen LogP contribution in [-0.2, 0) is 0 Å². The fourth-order valence-corrected chi connectivity index (χ4v) is 9.58. The molecule has 12 aromatic rings. The van der Waals surface area contributed by atoms with Gasteiger partial charge in [0.05, 0.1) is 11.0 Å². The van der Waals surface area contributed by atoms with E-state index in [2.05, 4.69) is 126 Å². The lowest BCUT2D eigenvalue weighted by Crippen LogP contribution is -2.00. The normalized spacial score (nSPS) is 11.9. The SMILES string of the molecule is c1ccc(-c2nc(-c3ccccc3)nc(-c3cccc4sc5cc(-c6ccc7oc8cc(-n9c%10ccccc%10c%10ccccc%109)ccc8c7c6)ccc5c34)n2)cc1. The Morgan fingerprint density at radius 3 is 1.72 bits per heavy atom. The Balaban J connectivity index is 0.957. The molecule has 5 nitrogen and oxygen atoms in total. The van der Waals surface area contributed by atoms with Gasteiger partial charge in [0, 0.05) is 70.2 Å². The number of nitrogens with zero attached hydrogens (tertiary/aromatic N) is 4. The third-order valence-corrected chi connectivity index (χ3v) is 12.2. The van der Waals surface area contributed by atoms with Crippen molar-refractivity contribution >= 4 is 75.3 Å². The van der Waals surface area contributed by atoms with E-state index in [1.807, 2.05) is 60.7 Å². The Labute approximate surface area is 330 Å². The first-order valence-corrected chi connectivity index (χ1v) is 19.8. The fraction of sp³-hybridized carbons (Fsp3) is 0. The van der Waals surface area contributed by atoms with Gasteiger partial charge in [0.1, 0.15) is 11.2 Å². The van der Waals surface area contributed by atoms with Crippen molar-refractivity contribution in [1.82, 2.24) is 19.5 Å². The van der Waals surface area contributed by atoms with Crippen LogP contribution in [0.25, 0.3) is 115 Å². The van der Waals surface area contributed by atoms with E-state index in [9.17, 15) is 0 Å². The highest BCUT2D eigenvalue weighted by Crippen LogP contribution is 2.42. The predicted octanol–water partition coefficient (Wildman–Crippen LogP) is 13.9. The van der Waals surface area contributed by atoms with Gasteiger partial charge in [0.25, 0.3) is 0 Å². The van der Waals surface area contributed by atoms with Crippen molar-refractivity contribution in [3.8, 4) is 51.0 Å². The quantitative estimate of drug-likeness (QED) is 0.176. The highest BCUT2D eigenvalue weighted by atomic mass is 32.1. The van der Waals surface area contributed by atoms with Crippen molar-refractivity contribution < 1.29 is 4.42 Å². The van der Waals surface area contributed by atoms with Crippen LogP contribution in [-0.4, -0.2) is 19.5 Å². The van der Waals surface area contributed by atoms with Gasteiger partial charge in [-0.15, -0.1) is 11.3 Å². The first-order chi connectivity index (χ1) is 28.2. The van der Waals surface area contributed by atoms with Gasteiger partial charge in [0.15, 0.2) is 17.5 Å². The number of hydrogen-bond acceptors (Lipinski definition) is 5. The molecule has 0 saturated carbocycles. The average Bonchev–Trinajstić information content (AvgIpc) is 3.95. The molecule has 57 heavy (non-hydrogen) atoms. The Morgan fingerprint density at radius 1 is 0.386 bits per heavy atom. The number of rotatable bonds is 5. The van der Waals surface area contributed by atoms with Crippen LogP contribution < -0.4 is 0 Å². The van der Waals surface area contributed by atoms with Crippen molar-refractivity contribution in [3.05, 3.63) is 182 Å². The number of fused-ring (bicyclic) bond motifs is 9. The topological polar surface area (TPSA) is 56.7 Å². The zero-order valence-electron chi connectivity index (χ0n) is 30.4. The maximum atomic E-state index is 6.52. The molecule has 4 heterocycles. The fourth-order valence-electron chi connectivity index (χ4n) is 8.41. The van der Waals surface area contributed by atoms with Crippen LogP contribution in [0.2, 0.25) is 0 Å². The number of furan rings is 1. The van der Waals surface area contributed by atoms with Crippen molar-refractivity contribution in [2.45, 2.75) is 0 Å². The summed E-state index contributed by atoms with van der Waals surface area (Å²) in [6, 6.07) is 63.8. The van der Waals surface area contributed by atoms with Crippen LogP contribution in [0.5, 0.6) is 0 Å². The molecule has 12 rings (SSSR count). The number of benzene rings is 8. The van der Waals surface area contributed by atoms with Gasteiger partial charge in [-0.2, -0.15) is 0 Å². The van der Waals surface area contributed by atoms with Gasteiger partial charge in [0.2, 0.25) is 0 Å². The number of para-hydroxylation sites is 2. The van der Waals surface area contributed by atoms with E-state index in [0.717, 1.165) is 60.8 Å². The second-order valence-corrected chi connectivity index (χ2v) is 15.5. The van der Waals surface area contributed by atoms with Gasteiger partial charge >= 0.3 is 0 Å². The maximum Gasteiger partial charge on any atom is 0.164 e. The Hall–Kier alpha value is -7.41. The lowest BCUT2D eigenvalue weighted by Gasteiger charge is -2.09. The summed E-state index contributed by atoms with van der Waals surface area (Å²) in [6.45, 7) is 0. The second-order valence-electron chi connectivity index (χ2n) is 14.4. The summed E-state index contributed by atoms with van der Waals surface area (Å²) in [6.07, 6.45) is 0. The molecule has 6 heteroatoms. The number of thiophene rings is 1. The smallest absolute Gasteiger partial charge is 0.164 e. The van der Waals surface area contributed by atoms with Crippen molar-refractivity contribution in [3.63, 3.8) is 0 Å². The van der Waals surface area contributed by atoms with E-state index in [1.165, 1.54) is 36.6 Å². The minimum atomic E-state index is 0.656. The molecule has 0 atom stereocenters. The van der Waals surface area contributed by atoms with E-state index in [1.54, 1.807) is 11.3 Å². The van der Waals surface area contributed by atoms with Crippen LogP contribution in [0.1, 0.15) is 0 Å². The van der Waals surface area contributed by atoms with Gasteiger partial charge in [-0.25, -0.2) is 15.0 Å². The minimum absolute atomic E-state index is 0.656. The lowest BCUT2D eigenvalue weighted by molar-refractivity contribution is 0.668. The molecule has 0 N–H and O–H groups in total. The van der Waals surface area contributed by atoms with Crippen LogP contribution in [0, 0.1) is 0 Å². The van der Waals surface area contributed by atoms with Crippen molar-refractivity contribution in [2.24, 2.45) is 0 Å². The largest absolute Gasteiger partial charge is 0.456 e. The zero-order valence-corrected chi connectivity index (χ0v) is 31.2. The standard InChI is InChI=1S/C51H30N4OS/c1-3-12-31(13-4-1)49-52-50(32-14-5-2-6-15-32)54-51(53-49)40-18-11-21-46-48(40)39-25-22-34(29-47(39)57-46)33-23-27-44-41(28-33)38-26-24-35(30-45(38)56-44)55-42-19-9-7-16-36(42)37-17-8-10-20-43(37)55/h1-30H. The zero-order chi connectivity index (χ0) is 37.5. The highest BCUT2D eigenvalue weighted by molar-refractivity contribution is 7.26. The van der Waals surface area contributed by atoms with Crippen LogP contribution >= 0.6 is 11.3 Å². The van der Waals surface area contributed by atoms with Gasteiger partial charge in [-0.05, 0) is 59.7 Å². The molecule has 0 unspecified atom stereocenters. The summed E-state index contributed by atoms with van der Waals surface area (Å²) in [5, 5.41) is 7.04. The average molecular weight is 747 g/mol. The Morgan fingerprint density at radius 2 is 1.00 bits per heavy atom. The predicted molar refractivity (Wildman–Crippen MR) is 236 cm³/mol. The van der Waals surface area contributed by atoms with E-state index in [-0.39, 0.29) is 0 Å². The molecule has 0 spiro atoms. The first-order valence-electron chi connectivity index (χ1n) is 19.0. The summed E-state index contributed by atoms with van der Waals surface area (Å²) in [4.78, 5) is 15.1. The summed E-state index contributed by atoms with van der Waals surface area (Å²) in [7, 11) is 0. The molecular formula is C51H30N4OS. The van der Waals surface area contributed by atoms with E-state index in [0.29, 0.717) is 17.5 Å². The van der Waals surface area contributed by atoms with Crippen LogP contribution in [0.3, 0.4) is 0 Å². The molecule has 0 saturated heterocycles. The molecular weight excluding hydrogens is 717 g/mol. The molecule has 0 radical (unpaired) electrons. The number of aromatic nitrogens is 4. The van der Waals surface area contributed by atoms with Crippen molar-refractivity contribution in [2.75, 3.05) is 0 Å². The second kappa shape index (κ2) is 12.6. The Bertz CT molecular complexity index is 3420. The van der Waals surface area contributed by atoms with Crippen LogP contribution in [0.15, 0.2) is 186 Å². The minimum Gasteiger partial charge on any atom is -0.456 e. The van der Waals surface area contributed by atoms with Gasteiger partial charge < -0.3 is 8.98 Å². The summed E-state index contributed by atoms with van der Waals surface area (Å²) in [5.74, 6) is 1.97. The summed E-state index contributed by atoms with van der Waals surface area (Å²) < 4.78 is 11.3. The molecule has 0 amide bonds. The molecule has 0 aliphatic heterocycles. The summed E-state index contributed by atoms with van der Waals surface area (Å²) in [5.41, 5.74) is 10.4. The third-order valence-electron chi connectivity index (χ3n) is 11.1. The highest BCUT2D eigenvalue weighted by Gasteiger charge is 2.19. The van der Waals surface area contributed by atoms with Crippen molar-refractivity contribution in [1.29, 1.82) is 0 Å². The third kappa shape index (κ3) is 5.12. The first kappa shape index (κ1) is 31.9. The lowest BCUT2D eigenvalue weighted by atomic mass is 10.00. The molecule has 0 aliphatic rings. The molecule has 266 valence electrons. The molecule has 0 aliphatic carbocycles. The molecule has 4 aromatic heterocycles. The summed E-state index contributed by atoms with van der Waals surface area (Å²) >= 11 is 1.80. The van der Waals surface area contributed by atoms with E-state index >= 15 is 0 Å². The van der Waals surface area contributed by atoms with Gasteiger partial charge in [-0.3, -0.25) is 0 Å². The maximum absolute atomic E-state index is 6.52. The molecule has 8 aromatic carbocycles. The molecule has 0 fully saturated rings. The van der Waals surface area contributed by atoms with E-state index in [4.69, 9.17) is 19.4 Å². The number of hydrogen-bond donors (Lipinski definition) is 0. The van der Waals surface area contributed by atoms with Gasteiger partial charge in [-0.1, -0.05) is 127 Å². The Kier molecular flexibility index (Phi) is 7.03. The monoisotopic (exact) mass is 746 g/mol.